The van der Waals surface area contributed by atoms with Crippen LogP contribution >= 0.6 is 0 Å². The van der Waals surface area contributed by atoms with Gasteiger partial charge >= 0.3 is 6.09 Å². The maximum atomic E-state index is 13.7. The van der Waals surface area contributed by atoms with Crippen LogP contribution in [0.4, 0.5) is 19.3 Å². The monoisotopic (exact) mass is 458 g/mol. The average Bonchev–Trinajstić information content (AvgIpc) is 2.94. The summed E-state index contributed by atoms with van der Waals surface area (Å²) in [5.74, 6) is -1.51. The molecule has 6 nitrogen and oxygen atoms in total. The third-order valence-corrected chi connectivity index (χ3v) is 5.87. The minimum absolute atomic E-state index is 0.0502. The molecule has 0 atom stereocenters. The van der Waals surface area contributed by atoms with Crippen molar-refractivity contribution >= 4 is 17.7 Å². The summed E-state index contributed by atoms with van der Waals surface area (Å²) in [4.78, 5) is 29.0. The van der Waals surface area contributed by atoms with Gasteiger partial charge in [-0.3, -0.25) is 4.79 Å². The molecule has 0 N–H and O–H groups in total. The Balaban J connectivity index is 1.65. The molecule has 0 unspecified atom stereocenters. The Hall–Kier alpha value is -3.16. The lowest BCUT2D eigenvalue weighted by atomic mass is 9.94. The zero-order valence-corrected chi connectivity index (χ0v) is 19.3. The molecule has 0 saturated heterocycles. The zero-order chi connectivity index (χ0) is 23.9. The van der Waals surface area contributed by atoms with E-state index < -0.39 is 23.1 Å². The summed E-state index contributed by atoms with van der Waals surface area (Å²) in [6.45, 7) is 8.99. The van der Waals surface area contributed by atoms with Gasteiger partial charge in [0.2, 0.25) is 0 Å². The number of amides is 2. The first-order chi connectivity index (χ1) is 15.5. The van der Waals surface area contributed by atoms with Crippen LogP contribution in [0.2, 0.25) is 0 Å². The largest absolute Gasteiger partial charge is 0.490 e. The van der Waals surface area contributed by atoms with Crippen molar-refractivity contribution in [1.29, 1.82) is 0 Å². The average molecular weight is 459 g/mol. The fourth-order valence-corrected chi connectivity index (χ4v) is 4.42. The van der Waals surface area contributed by atoms with Gasteiger partial charge in [0, 0.05) is 24.7 Å². The van der Waals surface area contributed by atoms with Gasteiger partial charge in [-0.25, -0.2) is 13.6 Å². The van der Waals surface area contributed by atoms with Crippen molar-refractivity contribution in [2.24, 2.45) is 0 Å². The van der Waals surface area contributed by atoms with Gasteiger partial charge in [0.05, 0.1) is 12.2 Å². The van der Waals surface area contributed by atoms with Crippen LogP contribution in [0.3, 0.4) is 0 Å². The van der Waals surface area contributed by atoms with Crippen LogP contribution in [0.1, 0.15) is 47.8 Å². The first-order valence-corrected chi connectivity index (χ1v) is 11.1. The number of halogens is 2. The zero-order valence-electron chi connectivity index (χ0n) is 19.3. The topological polar surface area (TPSA) is 59.1 Å². The maximum Gasteiger partial charge on any atom is 0.410 e. The molecule has 2 aromatic carbocycles. The SMILES string of the molecule is Cc1c2c(cc3c1N(C(=O)c1cc(F)cc(F)c1)CCO3)CCN(C(=O)OC(C)(C)C)CC2. The molecular formula is C25H28F2N2O4. The van der Waals surface area contributed by atoms with Crippen molar-refractivity contribution < 1.29 is 27.8 Å². The molecule has 0 spiro atoms. The fraction of sp³-hybridized carbons (Fsp3) is 0.440. The molecule has 2 aliphatic rings. The summed E-state index contributed by atoms with van der Waals surface area (Å²) >= 11 is 0. The van der Waals surface area contributed by atoms with Gasteiger partial charge in [-0.05, 0) is 75.4 Å². The first-order valence-electron chi connectivity index (χ1n) is 11.1. The molecule has 0 saturated carbocycles. The standard InChI is InChI=1S/C25H28F2N2O4/c1-15-20-6-8-28(24(31)33-25(2,3)4)7-5-16(20)13-21-22(15)29(9-10-32-21)23(30)17-11-18(26)14-19(27)12-17/h11-14H,5-10H2,1-4H3. The van der Waals surface area contributed by atoms with Gasteiger partial charge in [-0.1, -0.05) is 0 Å². The Morgan fingerprint density at radius 3 is 2.33 bits per heavy atom. The van der Waals surface area contributed by atoms with Crippen molar-refractivity contribution in [2.45, 2.75) is 46.1 Å². The molecule has 2 aromatic rings. The van der Waals surface area contributed by atoms with Gasteiger partial charge in [0.15, 0.2) is 0 Å². The van der Waals surface area contributed by atoms with Crippen LogP contribution in [-0.2, 0) is 17.6 Å². The Morgan fingerprint density at radius 1 is 1.00 bits per heavy atom. The summed E-state index contributed by atoms with van der Waals surface area (Å²) in [5.41, 5.74) is 2.97. The molecule has 2 heterocycles. The maximum absolute atomic E-state index is 13.7. The van der Waals surface area contributed by atoms with Gasteiger partial charge in [0.25, 0.3) is 5.91 Å². The highest BCUT2D eigenvalue weighted by molar-refractivity contribution is 6.07. The summed E-state index contributed by atoms with van der Waals surface area (Å²) in [6, 6.07) is 4.74. The molecule has 0 aliphatic carbocycles. The van der Waals surface area contributed by atoms with E-state index in [1.165, 1.54) is 4.90 Å². The van der Waals surface area contributed by atoms with E-state index in [1.807, 2.05) is 33.8 Å². The number of carbonyl (C=O) groups excluding carboxylic acids is 2. The number of hydrogen-bond acceptors (Lipinski definition) is 4. The predicted molar refractivity (Wildman–Crippen MR) is 120 cm³/mol. The van der Waals surface area contributed by atoms with E-state index in [2.05, 4.69) is 0 Å². The van der Waals surface area contributed by atoms with Gasteiger partial charge < -0.3 is 19.3 Å². The number of nitrogens with zero attached hydrogens (tertiary/aromatic N) is 2. The van der Waals surface area contributed by atoms with Gasteiger partial charge in [0.1, 0.15) is 29.6 Å². The summed E-state index contributed by atoms with van der Waals surface area (Å²) < 4.78 is 38.8. The van der Waals surface area contributed by atoms with Crippen LogP contribution in [0.5, 0.6) is 5.75 Å². The minimum Gasteiger partial charge on any atom is -0.490 e. The van der Waals surface area contributed by atoms with Gasteiger partial charge in [-0.2, -0.15) is 0 Å². The number of benzene rings is 2. The molecule has 2 aliphatic heterocycles. The van der Waals surface area contributed by atoms with E-state index in [1.54, 1.807) is 4.90 Å². The molecule has 176 valence electrons. The number of anilines is 1. The first kappa shape index (κ1) is 23.0. The lowest BCUT2D eigenvalue weighted by Crippen LogP contribution is -2.39. The number of rotatable bonds is 1. The van der Waals surface area contributed by atoms with E-state index in [-0.39, 0.29) is 24.8 Å². The molecule has 4 rings (SSSR count). The summed E-state index contributed by atoms with van der Waals surface area (Å²) in [6.07, 6.45) is 0.887. The third-order valence-electron chi connectivity index (χ3n) is 5.87. The Bertz CT molecular complexity index is 1090. The van der Waals surface area contributed by atoms with E-state index in [0.717, 1.165) is 34.9 Å². The highest BCUT2D eigenvalue weighted by Gasteiger charge is 2.31. The molecule has 8 heteroatoms. The minimum atomic E-state index is -0.798. The quantitative estimate of drug-likeness (QED) is 0.624. The van der Waals surface area contributed by atoms with Crippen LogP contribution in [0.15, 0.2) is 24.3 Å². The van der Waals surface area contributed by atoms with E-state index in [0.29, 0.717) is 37.4 Å². The van der Waals surface area contributed by atoms with E-state index in [4.69, 9.17) is 9.47 Å². The summed E-state index contributed by atoms with van der Waals surface area (Å²) in [7, 11) is 0. The molecule has 0 fully saturated rings. The highest BCUT2D eigenvalue weighted by atomic mass is 19.1. The predicted octanol–water partition coefficient (Wildman–Crippen LogP) is 4.65. The van der Waals surface area contributed by atoms with Crippen LogP contribution in [0, 0.1) is 18.6 Å². The Morgan fingerprint density at radius 2 is 1.67 bits per heavy atom. The van der Waals surface area contributed by atoms with E-state index >= 15 is 0 Å². The molecule has 33 heavy (non-hydrogen) atoms. The fourth-order valence-electron chi connectivity index (χ4n) is 4.42. The van der Waals surface area contributed by atoms with E-state index in [9.17, 15) is 18.4 Å². The molecule has 2 amide bonds. The summed E-state index contributed by atoms with van der Waals surface area (Å²) in [5, 5.41) is 0. The molecular weight excluding hydrogens is 430 g/mol. The normalized spacial score (nSPS) is 15.8. The second-order valence-corrected chi connectivity index (χ2v) is 9.42. The smallest absolute Gasteiger partial charge is 0.410 e. The third kappa shape index (κ3) is 4.79. The second-order valence-electron chi connectivity index (χ2n) is 9.42. The van der Waals surface area contributed by atoms with Crippen LogP contribution in [-0.4, -0.2) is 48.7 Å². The Kier molecular flexibility index (Phi) is 6.03. The number of fused-ring (bicyclic) bond motifs is 2. The van der Waals surface area contributed by atoms with Crippen LogP contribution < -0.4 is 9.64 Å². The van der Waals surface area contributed by atoms with Gasteiger partial charge in [-0.15, -0.1) is 0 Å². The molecule has 0 bridgehead atoms. The Labute approximate surface area is 192 Å². The number of hydrogen-bond donors (Lipinski definition) is 0. The lowest BCUT2D eigenvalue weighted by Gasteiger charge is -2.33. The lowest BCUT2D eigenvalue weighted by molar-refractivity contribution is 0.0258. The van der Waals surface area contributed by atoms with Crippen LogP contribution in [0.25, 0.3) is 0 Å². The number of carbonyl (C=O) groups is 2. The highest BCUT2D eigenvalue weighted by Crippen LogP contribution is 2.40. The molecule has 0 radical (unpaired) electrons. The number of ether oxygens (including phenoxy) is 2. The van der Waals surface area contributed by atoms with Crippen molar-refractivity contribution in [1.82, 2.24) is 4.90 Å². The van der Waals surface area contributed by atoms with Crippen molar-refractivity contribution in [3.63, 3.8) is 0 Å². The van der Waals surface area contributed by atoms with Crippen molar-refractivity contribution in [3.8, 4) is 5.75 Å². The molecule has 0 aromatic heterocycles. The second kappa shape index (κ2) is 8.65. The van der Waals surface area contributed by atoms with Crippen molar-refractivity contribution in [3.05, 3.63) is 58.2 Å². The van der Waals surface area contributed by atoms with Crippen molar-refractivity contribution in [2.75, 3.05) is 31.1 Å².